The summed E-state index contributed by atoms with van der Waals surface area (Å²) in [6.07, 6.45) is 1.29. The number of ether oxygens (including phenoxy) is 1. The molecule has 0 aliphatic heterocycles. The standard InChI is InChI=1S/C28H33Cl2N3O3S/c1-16(2)12-23-24(19-10-11-21(29)22(30)14-19)33-27(37-23)32-15-20(26(35)36-28(3,4)5)13-17-6-8-18(9-7-17)25(31)34/h6-11,14,16,20H,12-13,15H2,1-5H3,(H2,31,34)(H,32,33). The van der Waals surface area contributed by atoms with Gasteiger partial charge in [-0.1, -0.05) is 55.2 Å². The zero-order chi connectivity index (χ0) is 27.3. The highest BCUT2D eigenvalue weighted by molar-refractivity contribution is 7.16. The zero-order valence-electron chi connectivity index (χ0n) is 21.7. The Kier molecular flexibility index (Phi) is 9.62. The number of nitrogens with zero attached hydrogens (tertiary/aromatic N) is 1. The summed E-state index contributed by atoms with van der Waals surface area (Å²) >= 11 is 14.0. The van der Waals surface area contributed by atoms with Crippen LogP contribution in [0.15, 0.2) is 42.5 Å². The first kappa shape index (κ1) is 29.0. The van der Waals surface area contributed by atoms with Crippen molar-refractivity contribution in [3.05, 3.63) is 68.5 Å². The minimum atomic E-state index is -0.613. The SMILES string of the molecule is CC(C)Cc1sc(NCC(Cc2ccc(C(N)=O)cc2)C(=O)OC(C)(C)C)nc1-c1ccc(Cl)c(Cl)c1. The fourth-order valence-electron chi connectivity index (χ4n) is 3.73. The van der Waals surface area contributed by atoms with Gasteiger partial charge in [-0.05, 0) is 69.4 Å². The number of esters is 1. The first-order chi connectivity index (χ1) is 17.3. The van der Waals surface area contributed by atoms with Crippen molar-refractivity contribution in [2.45, 2.75) is 53.1 Å². The molecule has 0 radical (unpaired) electrons. The molecule has 3 aromatic rings. The third kappa shape index (κ3) is 8.45. The predicted octanol–water partition coefficient (Wildman–Crippen LogP) is 7.03. The Morgan fingerprint density at radius 1 is 1.05 bits per heavy atom. The van der Waals surface area contributed by atoms with Crippen molar-refractivity contribution in [2.75, 3.05) is 11.9 Å². The van der Waals surface area contributed by atoms with Gasteiger partial charge < -0.3 is 15.8 Å². The molecule has 1 heterocycles. The largest absolute Gasteiger partial charge is 0.460 e. The molecule has 1 aromatic heterocycles. The first-order valence-corrected chi connectivity index (χ1v) is 13.7. The summed E-state index contributed by atoms with van der Waals surface area (Å²) in [6.45, 7) is 10.2. The monoisotopic (exact) mass is 561 g/mol. The Hall–Kier alpha value is -2.61. The molecule has 0 saturated heterocycles. The van der Waals surface area contributed by atoms with Crippen LogP contribution in [0.4, 0.5) is 5.13 Å². The van der Waals surface area contributed by atoms with E-state index in [9.17, 15) is 9.59 Å². The summed E-state index contributed by atoms with van der Waals surface area (Å²) in [7, 11) is 0. The van der Waals surface area contributed by atoms with Gasteiger partial charge in [0, 0.05) is 22.5 Å². The van der Waals surface area contributed by atoms with E-state index in [4.69, 9.17) is 38.7 Å². The number of aromatic nitrogens is 1. The highest BCUT2D eigenvalue weighted by Gasteiger charge is 2.26. The number of carbonyl (C=O) groups is 2. The van der Waals surface area contributed by atoms with Gasteiger partial charge >= 0.3 is 5.97 Å². The van der Waals surface area contributed by atoms with E-state index in [1.54, 1.807) is 29.5 Å². The van der Waals surface area contributed by atoms with Gasteiger partial charge in [0.15, 0.2) is 5.13 Å². The average Bonchev–Trinajstić information content (AvgIpc) is 3.19. The molecule has 9 heteroatoms. The van der Waals surface area contributed by atoms with Crippen molar-refractivity contribution in [3.63, 3.8) is 0 Å². The average molecular weight is 563 g/mol. The Bertz CT molecular complexity index is 1250. The molecule has 0 aliphatic carbocycles. The zero-order valence-corrected chi connectivity index (χ0v) is 24.1. The van der Waals surface area contributed by atoms with Gasteiger partial charge in [-0.25, -0.2) is 4.98 Å². The van der Waals surface area contributed by atoms with E-state index in [0.717, 1.165) is 28.1 Å². The topological polar surface area (TPSA) is 94.3 Å². The summed E-state index contributed by atoms with van der Waals surface area (Å²) < 4.78 is 5.70. The lowest BCUT2D eigenvalue weighted by Crippen LogP contribution is -2.33. The third-order valence-corrected chi connectivity index (χ3v) is 7.22. The molecule has 0 bridgehead atoms. The third-order valence-electron chi connectivity index (χ3n) is 5.44. The number of hydrogen-bond donors (Lipinski definition) is 2. The van der Waals surface area contributed by atoms with Crippen LogP contribution in [0.5, 0.6) is 0 Å². The number of hydrogen-bond acceptors (Lipinski definition) is 6. The molecule has 0 saturated carbocycles. The summed E-state index contributed by atoms with van der Waals surface area (Å²) in [5, 5.41) is 5.05. The summed E-state index contributed by atoms with van der Waals surface area (Å²) in [5.41, 5.74) is 7.82. The van der Waals surface area contributed by atoms with Gasteiger partial charge in [-0.3, -0.25) is 9.59 Å². The quantitative estimate of drug-likeness (QED) is 0.259. The molecule has 3 N–H and O–H groups in total. The smallest absolute Gasteiger partial charge is 0.311 e. The van der Waals surface area contributed by atoms with Crippen molar-refractivity contribution in [1.29, 1.82) is 0 Å². The minimum Gasteiger partial charge on any atom is -0.460 e. The van der Waals surface area contributed by atoms with Gasteiger partial charge in [-0.2, -0.15) is 0 Å². The van der Waals surface area contributed by atoms with Gasteiger partial charge in [0.05, 0.1) is 21.7 Å². The van der Waals surface area contributed by atoms with E-state index < -0.39 is 17.4 Å². The van der Waals surface area contributed by atoms with Gasteiger partial charge in [-0.15, -0.1) is 11.3 Å². The number of amides is 1. The number of halogens is 2. The van der Waals surface area contributed by atoms with Crippen LogP contribution in [0, 0.1) is 11.8 Å². The minimum absolute atomic E-state index is 0.303. The second kappa shape index (κ2) is 12.3. The maximum atomic E-state index is 13.1. The van der Waals surface area contributed by atoms with Crippen LogP contribution in [-0.2, 0) is 22.4 Å². The van der Waals surface area contributed by atoms with Crippen LogP contribution in [0.2, 0.25) is 10.0 Å². The lowest BCUT2D eigenvalue weighted by molar-refractivity contribution is -0.159. The Morgan fingerprint density at radius 3 is 2.30 bits per heavy atom. The molecule has 0 aliphatic rings. The Labute approximate surface area is 232 Å². The van der Waals surface area contributed by atoms with Crippen molar-refractivity contribution in [2.24, 2.45) is 17.6 Å². The molecule has 6 nitrogen and oxygen atoms in total. The summed E-state index contributed by atoms with van der Waals surface area (Å²) in [6, 6.07) is 12.5. The maximum absolute atomic E-state index is 13.1. The molecule has 198 valence electrons. The van der Waals surface area contributed by atoms with Crippen molar-refractivity contribution < 1.29 is 14.3 Å². The van der Waals surface area contributed by atoms with Crippen LogP contribution in [0.3, 0.4) is 0 Å². The second-order valence-corrected chi connectivity index (χ2v) is 12.3. The number of nitrogens with two attached hydrogens (primary N) is 1. The number of carbonyl (C=O) groups excluding carboxylic acids is 2. The summed E-state index contributed by atoms with van der Waals surface area (Å²) in [4.78, 5) is 30.5. The van der Waals surface area contributed by atoms with Crippen LogP contribution >= 0.6 is 34.5 Å². The predicted molar refractivity (Wildman–Crippen MR) is 153 cm³/mol. The molecular formula is C28H33Cl2N3O3S. The van der Waals surface area contributed by atoms with E-state index in [1.165, 1.54) is 0 Å². The van der Waals surface area contributed by atoms with Crippen LogP contribution in [-0.4, -0.2) is 29.0 Å². The molecule has 1 unspecified atom stereocenters. The molecular weight excluding hydrogens is 529 g/mol. The molecule has 0 spiro atoms. The summed E-state index contributed by atoms with van der Waals surface area (Å²) in [5.74, 6) is -0.824. The Balaban J connectivity index is 1.85. The molecule has 3 rings (SSSR count). The van der Waals surface area contributed by atoms with Crippen LogP contribution in [0.25, 0.3) is 11.3 Å². The Morgan fingerprint density at radius 2 is 1.73 bits per heavy atom. The second-order valence-electron chi connectivity index (χ2n) is 10.4. The molecule has 1 atom stereocenters. The van der Waals surface area contributed by atoms with Crippen molar-refractivity contribution in [1.82, 2.24) is 4.98 Å². The van der Waals surface area contributed by atoms with Gasteiger partial charge in [0.25, 0.3) is 0 Å². The van der Waals surface area contributed by atoms with E-state index in [1.807, 2.05) is 45.0 Å². The number of benzene rings is 2. The first-order valence-electron chi connectivity index (χ1n) is 12.1. The number of anilines is 1. The normalized spacial score (nSPS) is 12.4. The maximum Gasteiger partial charge on any atom is 0.311 e. The number of thiazole rings is 1. The molecule has 2 aromatic carbocycles. The molecule has 37 heavy (non-hydrogen) atoms. The van der Waals surface area contributed by atoms with E-state index in [-0.39, 0.29) is 5.97 Å². The number of nitrogens with one attached hydrogen (secondary N) is 1. The van der Waals surface area contributed by atoms with E-state index in [0.29, 0.717) is 39.6 Å². The van der Waals surface area contributed by atoms with Crippen LogP contribution in [0.1, 0.15) is 55.4 Å². The number of primary amides is 1. The highest BCUT2D eigenvalue weighted by Crippen LogP contribution is 2.36. The lowest BCUT2D eigenvalue weighted by Gasteiger charge is -2.24. The van der Waals surface area contributed by atoms with E-state index in [2.05, 4.69) is 19.2 Å². The van der Waals surface area contributed by atoms with Crippen molar-refractivity contribution >= 4 is 51.5 Å². The molecule has 0 fully saturated rings. The fourth-order valence-corrected chi connectivity index (χ4v) is 5.23. The molecule has 1 amide bonds. The van der Waals surface area contributed by atoms with Gasteiger partial charge in [0.2, 0.25) is 5.91 Å². The van der Waals surface area contributed by atoms with E-state index >= 15 is 0 Å². The lowest BCUT2D eigenvalue weighted by atomic mass is 9.98. The highest BCUT2D eigenvalue weighted by atomic mass is 35.5. The number of rotatable bonds is 10. The fraction of sp³-hybridized carbons (Fsp3) is 0.393. The van der Waals surface area contributed by atoms with Crippen molar-refractivity contribution in [3.8, 4) is 11.3 Å². The van der Waals surface area contributed by atoms with Gasteiger partial charge in [0.1, 0.15) is 5.60 Å². The van der Waals surface area contributed by atoms with Crippen LogP contribution < -0.4 is 11.1 Å².